The van der Waals surface area contributed by atoms with Crippen molar-refractivity contribution in [3.05, 3.63) is 95.1 Å². The molecule has 2 heterocycles. The molecule has 0 fully saturated rings. The second kappa shape index (κ2) is 6.46. The molecule has 2 aliphatic rings. The van der Waals surface area contributed by atoms with Crippen LogP contribution < -0.4 is 10.6 Å². The van der Waals surface area contributed by atoms with E-state index in [4.69, 9.17) is 0 Å². The molecule has 5 rings (SSSR count). The molecule has 1 atom stereocenters. The van der Waals surface area contributed by atoms with Crippen molar-refractivity contribution < 1.29 is 14.7 Å². The van der Waals surface area contributed by atoms with Crippen LogP contribution in [0.2, 0.25) is 0 Å². The van der Waals surface area contributed by atoms with Gasteiger partial charge in [-0.1, -0.05) is 54.6 Å². The third-order valence-corrected chi connectivity index (χ3v) is 5.49. The number of carbonyl (C=O) groups excluding carboxylic acids is 2. The lowest BCUT2D eigenvalue weighted by Crippen LogP contribution is -2.44. The lowest BCUT2D eigenvalue weighted by Gasteiger charge is -2.35. The summed E-state index contributed by atoms with van der Waals surface area (Å²) in [4.78, 5) is 26.5. The molecule has 6 heteroatoms. The number of nitrogens with one attached hydrogen (secondary N) is 2. The Morgan fingerprint density at radius 3 is 2.52 bits per heavy atom. The Morgan fingerprint density at radius 2 is 1.69 bits per heavy atom. The number of nitrogens with zero attached hydrogens (tertiary/aromatic N) is 1. The van der Waals surface area contributed by atoms with Crippen molar-refractivity contribution in [2.24, 2.45) is 0 Å². The molecule has 0 saturated carbocycles. The quantitative estimate of drug-likeness (QED) is 0.648. The van der Waals surface area contributed by atoms with Gasteiger partial charge in [0.05, 0.1) is 17.9 Å². The minimum absolute atomic E-state index is 0.148. The molecule has 3 N–H and O–H groups in total. The van der Waals surface area contributed by atoms with Gasteiger partial charge in [-0.3, -0.25) is 14.5 Å². The number of carbonyl (C=O) groups is 2. The first-order chi connectivity index (χ1) is 14.1. The molecule has 0 aromatic heterocycles. The second-order valence-electron chi connectivity index (χ2n) is 7.26. The summed E-state index contributed by atoms with van der Waals surface area (Å²) in [5.74, 6) is -0.377. The lowest BCUT2D eigenvalue weighted by molar-refractivity contribution is -0.114. The van der Waals surface area contributed by atoms with Crippen LogP contribution in [0.5, 0.6) is 0 Å². The van der Waals surface area contributed by atoms with Crippen molar-refractivity contribution in [2.75, 3.05) is 17.2 Å². The summed E-state index contributed by atoms with van der Waals surface area (Å²) in [7, 11) is 0. The summed E-state index contributed by atoms with van der Waals surface area (Å²) >= 11 is 0. The average Bonchev–Trinajstić information content (AvgIpc) is 2.97. The highest BCUT2D eigenvalue weighted by Crippen LogP contribution is 2.44. The van der Waals surface area contributed by atoms with Crippen LogP contribution in [0.1, 0.15) is 27.0 Å². The van der Waals surface area contributed by atoms with Crippen LogP contribution in [-0.2, 0) is 17.1 Å². The Kier molecular flexibility index (Phi) is 3.89. The lowest BCUT2D eigenvalue weighted by atomic mass is 9.92. The van der Waals surface area contributed by atoms with Gasteiger partial charge in [0.15, 0.2) is 5.72 Å². The van der Waals surface area contributed by atoms with Crippen LogP contribution in [-0.4, -0.2) is 28.4 Å². The summed E-state index contributed by atoms with van der Waals surface area (Å²) in [6, 6.07) is 22.0. The summed E-state index contributed by atoms with van der Waals surface area (Å²) in [5, 5.41) is 17.8. The van der Waals surface area contributed by atoms with Crippen molar-refractivity contribution in [2.45, 2.75) is 12.3 Å². The van der Waals surface area contributed by atoms with Crippen LogP contribution >= 0.6 is 0 Å². The number of rotatable bonds is 3. The standard InChI is InChI=1S/C23H19N3O3/c27-21-13-24-19-11-10-16(12-20(19)25-21)23(29)18-9-5-4-8-17(18)22(28)26(23)14-15-6-2-1-3-7-15/h1-12,24,29H,13-14H2,(H,25,27). The third-order valence-electron chi connectivity index (χ3n) is 5.49. The molecule has 144 valence electrons. The summed E-state index contributed by atoms with van der Waals surface area (Å²) in [5.41, 5.74) is 2.19. The summed E-state index contributed by atoms with van der Waals surface area (Å²) < 4.78 is 0. The fourth-order valence-electron chi connectivity index (χ4n) is 4.06. The van der Waals surface area contributed by atoms with Crippen LogP contribution in [0, 0.1) is 0 Å². The van der Waals surface area contributed by atoms with E-state index in [1.54, 1.807) is 30.3 Å². The zero-order chi connectivity index (χ0) is 20.0. The van der Waals surface area contributed by atoms with Gasteiger partial charge in [0, 0.05) is 23.2 Å². The molecule has 2 aliphatic heterocycles. The van der Waals surface area contributed by atoms with Crippen molar-refractivity contribution in [3.8, 4) is 0 Å². The Morgan fingerprint density at radius 1 is 0.931 bits per heavy atom. The summed E-state index contributed by atoms with van der Waals surface area (Å²) in [6.45, 7) is 0.463. The maximum atomic E-state index is 13.2. The highest BCUT2D eigenvalue weighted by Gasteiger charge is 2.49. The van der Waals surface area contributed by atoms with Gasteiger partial charge >= 0.3 is 0 Å². The summed E-state index contributed by atoms with van der Waals surface area (Å²) in [6.07, 6.45) is 0. The molecule has 29 heavy (non-hydrogen) atoms. The van der Waals surface area contributed by atoms with E-state index in [1.165, 1.54) is 4.90 Å². The number of anilines is 2. The molecule has 0 saturated heterocycles. The minimum Gasteiger partial charge on any atom is -0.374 e. The van der Waals surface area contributed by atoms with Gasteiger partial charge in [-0.25, -0.2) is 0 Å². The van der Waals surface area contributed by atoms with Gasteiger partial charge in [0.1, 0.15) is 0 Å². The van der Waals surface area contributed by atoms with Gasteiger partial charge in [-0.05, 0) is 23.8 Å². The molecule has 1 unspecified atom stereocenters. The fourth-order valence-corrected chi connectivity index (χ4v) is 4.06. The first-order valence-corrected chi connectivity index (χ1v) is 9.43. The monoisotopic (exact) mass is 385 g/mol. The van der Waals surface area contributed by atoms with Crippen LogP contribution in [0.3, 0.4) is 0 Å². The molecule has 6 nitrogen and oxygen atoms in total. The number of hydrogen-bond donors (Lipinski definition) is 3. The molecule has 2 amide bonds. The third kappa shape index (κ3) is 2.68. The van der Waals surface area contributed by atoms with Gasteiger partial charge in [0.2, 0.25) is 5.91 Å². The highest BCUT2D eigenvalue weighted by atomic mass is 16.3. The molecule has 0 aliphatic carbocycles. The minimum atomic E-state index is -1.64. The zero-order valence-electron chi connectivity index (χ0n) is 15.6. The van der Waals surface area contributed by atoms with E-state index >= 15 is 0 Å². The van der Waals surface area contributed by atoms with Crippen LogP contribution in [0.25, 0.3) is 0 Å². The van der Waals surface area contributed by atoms with Gasteiger partial charge in [0.25, 0.3) is 5.91 Å². The molecule has 0 spiro atoms. The van der Waals surface area contributed by atoms with Crippen molar-refractivity contribution in [3.63, 3.8) is 0 Å². The van der Waals surface area contributed by atoms with E-state index in [2.05, 4.69) is 10.6 Å². The first-order valence-electron chi connectivity index (χ1n) is 9.43. The molecule has 0 bridgehead atoms. The Balaban J connectivity index is 1.65. The average molecular weight is 385 g/mol. The number of fused-ring (bicyclic) bond motifs is 2. The topological polar surface area (TPSA) is 81.7 Å². The predicted molar refractivity (Wildman–Crippen MR) is 109 cm³/mol. The van der Waals surface area contributed by atoms with E-state index in [9.17, 15) is 14.7 Å². The van der Waals surface area contributed by atoms with E-state index in [1.807, 2.05) is 42.5 Å². The van der Waals surface area contributed by atoms with Crippen LogP contribution in [0.4, 0.5) is 11.4 Å². The normalized spacial score (nSPS) is 20.0. The second-order valence-corrected chi connectivity index (χ2v) is 7.26. The van der Waals surface area contributed by atoms with Gasteiger partial charge in [-0.15, -0.1) is 0 Å². The van der Waals surface area contributed by atoms with Gasteiger partial charge in [-0.2, -0.15) is 0 Å². The van der Waals surface area contributed by atoms with E-state index in [0.29, 0.717) is 22.4 Å². The largest absolute Gasteiger partial charge is 0.374 e. The van der Waals surface area contributed by atoms with E-state index in [0.717, 1.165) is 11.3 Å². The Bertz CT molecular complexity index is 1130. The highest BCUT2D eigenvalue weighted by molar-refractivity contribution is 6.02. The maximum absolute atomic E-state index is 13.2. The number of benzene rings is 3. The number of aliphatic hydroxyl groups is 1. The predicted octanol–water partition coefficient (Wildman–Crippen LogP) is 2.90. The molecule has 3 aromatic carbocycles. The van der Waals surface area contributed by atoms with Crippen LogP contribution in [0.15, 0.2) is 72.8 Å². The fraction of sp³-hybridized carbons (Fsp3) is 0.130. The number of hydrogen-bond acceptors (Lipinski definition) is 4. The molecule has 0 radical (unpaired) electrons. The van der Waals surface area contributed by atoms with E-state index < -0.39 is 5.72 Å². The van der Waals surface area contributed by atoms with Crippen molar-refractivity contribution in [1.82, 2.24) is 4.90 Å². The first kappa shape index (κ1) is 17.5. The molecule has 3 aromatic rings. The van der Waals surface area contributed by atoms with Crippen molar-refractivity contribution in [1.29, 1.82) is 0 Å². The molecular formula is C23H19N3O3. The number of amides is 2. The molecular weight excluding hydrogens is 366 g/mol. The SMILES string of the molecule is O=C1CNc2ccc(C3(O)c4ccccc4C(=O)N3Cc3ccccc3)cc2N1. The Labute approximate surface area is 167 Å². The van der Waals surface area contributed by atoms with Gasteiger partial charge < -0.3 is 15.7 Å². The smallest absolute Gasteiger partial charge is 0.257 e. The van der Waals surface area contributed by atoms with E-state index in [-0.39, 0.29) is 24.9 Å². The Hall–Kier alpha value is -3.64. The zero-order valence-corrected chi connectivity index (χ0v) is 15.6. The van der Waals surface area contributed by atoms with Crippen molar-refractivity contribution >= 4 is 23.2 Å². The maximum Gasteiger partial charge on any atom is 0.257 e.